The summed E-state index contributed by atoms with van der Waals surface area (Å²) in [5, 5.41) is 3.60. The molecule has 0 aromatic carbocycles. The molecule has 0 nitrogen and oxygen atoms in total. The highest BCUT2D eigenvalue weighted by Crippen LogP contribution is 2.56. The number of hydrogen-bond acceptors (Lipinski definition) is 0. The maximum absolute atomic E-state index is 3.62. The molecule has 1 atom stereocenters. The smallest absolute Gasteiger partial charge is 0.0688 e. The van der Waals surface area contributed by atoms with E-state index in [1.165, 1.54) is 12.8 Å². The van der Waals surface area contributed by atoms with Crippen molar-refractivity contribution in [3.05, 3.63) is 22.0 Å². The van der Waals surface area contributed by atoms with Crippen LogP contribution in [-0.2, 0) is 0 Å². The third kappa shape index (κ3) is 0.832. The third-order valence-electron chi connectivity index (χ3n) is 3.27. The van der Waals surface area contributed by atoms with E-state index in [9.17, 15) is 0 Å². The summed E-state index contributed by atoms with van der Waals surface area (Å²) in [7, 11) is -0.941. The van der Waals surface area contributed by atoms with Crippen LogP contribution in [0.15, 0.2) is 16.0 Å². The Morgan fingerprint density at radius 2 is 2.00 bits per heavy atom. The van der Waals surface area contributed by atoms with E-state index in [0.29, 0.717) is 0 Å². The van der Waals surface area contributed by atoms with Crippen LogP contribution in [0.1, 0.15) is 26.7 Å². The van der Waals surface area contributed by atoms with Crippen molar-refractivity contribution in [3.8, 4) is 0 Å². The Morgan fingerprint density at radius 1 is 1.33 bits per heavy atom. The Morgan fingerprint density at radius 3 is 2.33 bits per heavy atom. The van der Waals surface area contributed by atoms with Crippen LogP contribution < -0.4 is 0 Å². The topological polar surface area (TPSA) is 0 Å². The Kier molecular flexibility index (Phi) is 1.62. The van der Waals surface area contributed by atoms with Gasteiger partial charge in [0.1, 0.15) is 8.07 Å². The molecule has 0 amide bonds. The van der Waals surface area contributed by atoms with Gasteiger partial charge in [-0.1, -0.05) is 37.3 Å². The molecule has 65 valence electrons. The van der Waals surface area contributed by atoms with Gasteiger partial charge < -0.3 is 0 Å². The first kappa shape index (κ1) is 8.30. The fourth-order valence-electron chi connectivity index (χ4n) is 2.59. The van der Waals surface area contributed by atoms with E-state index in [1.54, 1.807) is 10.8 Å². The van der Waals surface area contributed by atoms with Crippen LogP contribution in [0.5, 0.6) is 0 Å². The minimum Gasteiger partial charge on any atom is -0.0688 e. The van der Waals surface area contributed by atoms with Crippen molar-refractivity contribution in [1.82, 2.24) is 0 Å². The zero-order valence-electron chi connectivity index (χ0n) is 8.49. The molecule has 0 N–H and O–H groups in total. The van der Waals surface area contributed by atoms with E-state index in [4.69, 9.17) is 0 Å². The molecular weight excluding hydrogens is 160 g/mol. The minimum absolute atomic E-state index is 0.719. The van der Waals surface area contributed by atoms with Gasteiger partial charge in [0.15, 0.2) is 0 Å². The average Bonchev–Trinajstić information content (AvgIpc) is 2.49. The summed E-state index contributed by atoms with van der Waals surface area (Å²) in [4.78, 5) is 0. The molecular formula is C11H17Si. The van der Waals surface area contributed by atoms with Gasteiger partial charge in [0.25, 0.3) is 0 Å². The summed E-state index contributed by atoms with van der Waals surface area (Å²) in [6.07, 6.45) is 6.09. The van der Waals surface area contributed by atoms with E-state index in [-0.39, 0.29) is 0 Å². The summed E-state index contributed by atoms with van der Waals surface area (Å²) < 4.78 is 0. The first-order valence-corrected chi connectivity index (χ1v) is 8.00. The molecule has 12 heavy (non-hydrogen) atoms. The SMILES string of the molecule is CCC1=[C]C(CC)C2=C1[Si]2(C)C. The van der Waals surface area contributed by atoms with E-state index in [0.717, 1.165) is 5.92 Å². The molecule has 0 saturated carbocycles. The average molecular weight is 177 g/mol. The van der Waals surface area contributed by atoms with Crippen molar-refractivity contribution in [2.24, 2.45) is 5.92 Å². The monoisotopic (exact) mass is 177 g/mol. The summed E-state index contributed by atoms with van der Waals surface area (Å²) in [5.41, 5.74) is 1.56. The van der Waals surface area contributed by atoms with Gasteiger partial charge in [0.05, 0.1) is 0 Å². The molecule has 2 aliphatic rings. The van der Waals surface area contributed by atoms with Gasteiger partial charge in [-0.3, -0.25) is 0 Å². The van der Waals surface area contributed by atoms with Crippen LogP contribution in [0, 0.1) is 12.0 Å². The lowest BCUT2D eigenvalue weighted by Gasteiger charge is -2.14. The van der Waals surface area contributed by atoms with Crippen molar-refractivity contribution in [2.75, 3.05) is 0 Å². The Balaban J connectivity index is 2.28. The molecule has 0 fully saturated rings. The largest absolute Gasteiger partial charge is 0.108 e. The van der Waals surface area contributed by atoms with Gasteiger partial charge >= 0.3 is 0 Å². The van der Waals surface area contributed by atoms with Gasteiger partial charge in [0.2, 0.25) is 0 Å². The Bertz CT molecular complexity index is 281. The first-order valence-electron chi connectivity index (χ1n) is 5.00. The standard InChI is InChI=1S/C11H17Si/c1-5-8-7-9(6-2)11-10(8)12(11,3)4/h8H,5-6H2,1-4H3. The van der Waals surface area contributed by atoms with Crippen LogP contribution in [0.25, 0.3) is 0 Å². The van der Waals surface area contributed by atoms with E-state index >= 15 is 0 Å². The number of allylic oxidation sites excluding steroid dienone is 4. The second kappa shape index (κ2) is 2.35. The minimum atomic E-state index is -0.941. The molecule has 1 aliphatic carbocycles. The highest BCUT2D eigenvalue weighted by Gasteiger charge is 2.53. The lowest BCUT2D eigenvalue weighted by atomic mass is 10.1. The van der Waals surface area contributed by atoms with Gasteiger partial charge in [-0.2, -0.15) is 0 Å². The van der Waals surface area contributed by atoms with Gasteiger partial charge in [-0.25, -0.2) is 0 Å². The zero-order chi connectivity index (χ0) is 8.93. The predicted octanol–water partition coefficient (Wildman–Crippen LogP) is 3.26. The molecule has 0 spiro atoms. The number of hydrogen-bond donors (Lipinski definition) is 0. The van der Waals surface area contributed by atoms with Crippen LogP contribution >= 0.6 is 0 Å². The highest BCUT2D eigenvalue weighted by atomic mass is 28.3. The summed E-state index contributed by atoms with van der Waals surface area (Å²) >= 11 is 0. The van der Waals surface area contributed by atoms with E-state index in [1.807, 2.05) is 5.20 Å². The lowest BCUT2D eigenvalue weighted by molar-refractivity contribution is 0.747. The van der Waals surface area contributed by atoms with E-state index in [2.05, 4.69) is 33.0 Å². The maximum Gasteiger partial charge on any atom is 0.108 e. The maximum atomic E-state index is 3.62. The van der Waals surface area contributed by atoms with Crippen LogP contribution in [0.4, 0.5) is 0 Å². The fraction of sp³-hybridized carbons (Fsp3) is 0.636. The molecule has 1 aliphatic heterocycles. The normalized spacial score (nSPS) is 30.3. The summed E-state index contributed by atoms with van der Waals surface area (Å²) in [6.45, 7) is 9.51. The molecule has 1 heteroatoms. The molecule has 0 aromatic heterocycles. The van der Waals surface area contributed by atoms with Crippen LogP contribution in [-0.4, -0.2) is 8.07 Å². The van der Waals surface area contributed by atoms with Crippen molar-refractivity contribution in [2.45, 2.75) is 39.8 Å². The molecule has 1 unspecified atom stereocenters. The molecule has 0 aromatic rings. The van der Waals surface area contributed by atoms with Crippen LogP contribution in [0.2, 0.25) is 13.1 Å². The predicted molar refractivity (Wildman–Crippen MR) is 55.3 cm³/mol. The summed E-state index contributed by atoms with van der Waals surface area (Å²) in [5.74, 6) is 0.719. The lowest BCUT2D eigenvalue weighted by Crippen LogP contribution is -2.18. The van der Waals surface area contributed by atoms with Gasteiger partial charge in [-0.15, -0.1) is 0 Å². The van der Waals surface area contributed by atoms with Crippen molar-refractivity contribution in [3.63, 3.8) is 0 Å². The van der Waals surface area contributed by atoms with E-state index < -0.39 is 8.07 Å². The van der Waals surface area contributed by atoms with Crippen molar-refractivity contribution >= 4 is 8.07 Å². The van der Waals surface area contributed by atoms with Crippen molar-refractivity contribution < 1.29 is 0 Å². The van der Waals surface area contributed by atoms with Crippen molar-refractivity contribution in [1.29, 1.82) is 0 Å². The van der Waals surface area contributed by atoms with Gasteiger partial charge in [-0.05, 0) is 24.5 Å². The summed E-state index contributed by atoms with van der Waals surface area (Å²) in [6, 6.07) is 0. The molecule has 2 rings (SSSR count). The van der Waals surface area contributed by atoms with Crippen LogP contribution in [0.3, 0.4) is 0 Å². The second-order valence-corrected chi connectivity index (χ2v) is 8.64. The number of rotatable bonds is 2. The first-order chi connectivity index (χ1) is 5.62. The Labute approximate surface area is 76.4 Å². The quantitative estimate of drug-likeness (QED) is 0.568. The molecule has 0 bridgehead atoms. The highest BCUT2D eigenvalue weighted by molar-refractivity contribution is 7.02. The fourth-order valence-corrected chi connectivity index (χ4v) is 6.81. The zero-order valence-corrected chi connectivity index (χ0v) is 9.49. The Hall–Kier alpha value is -0.303. The molecule has 1 radical (unpaired) electrons. The van der Waals surface area contributed by atoms with Gasteiger partial charge in [0, 0.05) is 5.92 Å². The third-order valence-corrected chi connectivity index (χ3v) is 6.78. The molecule has 0 saturated heterocycles. The molecule has 1 heterocycles. The second-order valence-electron chi connectivity index (χ2n) is 4.35.